The van der Waals surface area contributed by atoms with Gasteiger partial charge in [-0.05, 0) is 56.7 Å². The molecule has 0 fully saturated rings. The van der Waals surface area contributed by atoms with Crippen LogP contribution < -0.4 is 10.0 Å². The van der Waals surface area contributed by atoms with E-state index in [1.807, 2.05) is 0 Å². The Balaban J connectivity index is 2.33. The van der Waals surface area contributed by atoms with E-state index in [0.717, 1.165) is 0 Å². The number of anilines is 1. The molecule has 0 bridgehead atoms. The lowest BCUT2D eigenvalue weighted by Crippen LogP contribution is -2.30. The first-order valence-electron chi connectivity index (χ1n) is 7.49. The van der Waals surface area contributed by atoms with Crippen LogP contribution in [0.5, 0.6) is 0 Å². The maximum Gasteiger partial charge on any atom is 0.257 e. The number of rotatable bonds is 5. The molecule has 0 saturated heterocycles. The van der Waals surface area contributed by atoms with Crippen molar-refractivity contribution in [3.63, 3.8) is 0 Å². The molecule has 2 aromatic carbocycles. The first-order valence-corrected chi connectivity index (χ1v) is 9.35. The van der Waals surface area contributed by atoms with Gasteiger partial charge in [0.2, 0.25) is 10.0 Å². The molecule has 2 rings (SSSR count). The zero-order valence-electron chi connectivity index (χ0n) is 13.9. The molecular formula is C17H18ClFN2O3S. The van der Waals surface area contributed by atoms with Crippen LogP contribution in [0.25, 0.3) is 0 Å². The molecule has 0 aliphatic carbocycles. The summed E-state index contributed by atoms with van der Waals surface area (Å²) in [6.45, 7) is 4.98. The summed E-state index contributed by atoms with van der Waals surface area (Å²) in [7, 11) is -3.77. The van der Waals surface area contributed by atoms with Gasteiger partial charge in [0, 0.05) is 11.7 Å². The molecule has 2 aromatic rings. The number of hydrogen-bond acceptors (Lipinski definition) is 3. The highest BCUT2D eigenvalue weighted by atomic mass is 35.5. The first kappa shape index (κ1) is 19.4. The van der Waals surface area contributed by atoms with Gasteiger partial charge >= 0.3 is 0 Å². The standard InChI is InChI=1S/C17H18ClFN2O3S/c1-10(2)21-25(23,24)13-6-7-15(18)14(9-13)17(22)20-12-5-4-11(3)16(19)8-12/h4-10,21H,1-3H3,(H,20,22). The van der Waals surface area contributed by atoms with E-state index in [1.165, 1.54) is 30.3 Å². The Bertz CT molecular complexity index is 914. The van der Waals surface area contributed by atoms with E-state index in [9.17, 15) is 17.6 Å². The van der Waals surface area contributed by atoms with Crippen molar-refractivity contribution in [3.05, 3.63) is 58.4 Å². The summed E-state index contributed by atoms with van der Waals surface area (Å²) in [4.78, 5) is 12.3. The summed E-state index contributed by atoms with van der Waals surface area (Å²) < 4.78 is 40.5. The van der Waals surface area contributed by atoms with Crippen molar-refractivity contribution in [2.24, 2.45) is 0 Å². The van der Waals surface area contributed by atoms with Crippen molar-refractivity contribution >= 4 is 33.2 Å². The predicted octanol–water partition coefficient (Wildman–Crippen LogP) is 3.73. The second-order valence-corrected chi connectivity index (χ2v) is 7.96. The van der Waals surface area contributed by atoms with Gasteiger partial charge in [-0.25, -0.2) is 17.5 Å². The van der Waals surface area contributed by atoms with Crippen molar-refractivity contribution in [1.82, 2.24) is 4.72 Å². The molecule has 2 N–H and O–H groups in total. The Morgan fingerprint density at radius 3 is 2.44 bits per heavy atom. The van der Waals surface area contributed by atoms with Crippen molar-refractivity contribution in [1.29, 1.82) is 0 Å². The van der Waals surface area contributed by atoms with Crippen LogP contribution in [-0.2, 0) is 10.0 Å². The molecule has 0 atom stereocenters. The maximum atomic E-state index is 13.6. The normalized spacial score (nSPS) is 11.6. The zero-order chi connectivity index (χ0) is 18.8. The van der Waals surface area contributed by atoms with Gasteiger partial charge in [-0.15, -0.1) is 0 Å². The Hall–Kier alpha value is -1.96. The van der Waals surface area contributed by atoms with Gasteiger partial charge in [-0.2, -0.15) is 0 Å². The van der Waals surface area contributed by atoms with Crippen LogP contribution in [-0.4, -0.2) is 20.4 Å². The number of amides is 1. The number of carbonyl (C=O) groups excluding carboxylic acids is 1. The molecule has 25 heavy (non-hydrogen) atoms. The molecule has 0 unspecified atom stereocenters. The van der Waals surface area contributed by atoms with E-state index in [4.69, 9.17) is 11.6 Å². The van der Waals surface area contributed by atoms with Crippen LogP contribution in [0.1, 0.15) is 29.8 Å². The minimum atomic E-state index is -3.77. The minimum Gasteiger partial charge on any atom is -0.322 e. The Kier molecular flexibility index (Phi) is 5.82. The van der Waals surface area contributed by atoms with Crippen LogP contribution in [0.15, 0.2) is 41.3 Å². The van der Waals surface area contributed by atoms with Gasteiger partial charge in [0.05, 0.1) is 15.5 Å². The number of halogens is 2. The molecular weight excluding hydrogens is 367 g/mol. The molecule has 8 heteroatoms. The lowest BCUT2D eigenvalue weighted by Gasteiger charge is -2.12. The van der Waals surface area contributed by atoms with E-state index in [1.54, 1.807) is 26.8 Å². The fraction of sp³-hybridized carbons (Fsp3) is 0.235. The quantitative estimate of drug-likeness (QED) is 0.824. The predicted molar refractivity (Wildman–Crippen MR) is 96.0 cm³/mol. The van der Waals surface area contributed by atoms with E-state index < -0.39 is 21.7 Å². The van der Waals surface area contributed by atoms with E-state index >= 15 is 0 Å². The lowest BCUT2D eigenvalue weighted by atomic mass is 10.2. The third-order valence-electron chi connectivity index (χ3n) is 3.31. The molecule has 134 valence electrons. The van der Waals surface area contributed by atoms with Gasteiger partial charge in [0.1, 0.15) is 5.82 Å². The molecule has 0 aliphatic rings. The SMILES string of the molecule is Cc1ccc(NC(=O)c2cc(S(=O)(=O)NC(C)C)ccc2Cl)cc1F. The zero-order valence-corrected chi connectivity index (χ0v) is 15.5. The third-order valence-corrected chi connectivity index (χ3v) is 5.30. The fourth-order valence-electron chi connectivity index (χ4n) is 2.09. The van der Waals surface area contributed by atoms with Gasteiger partial charge in [0.15, 0.2) is 0 Å². The molecule has 1 amide bonds. The van der Waals surface area contributed by atoms with Crippen molar-refractivity contribution in [3.8, 4) is 0 Å². The minimum absolute atomic E-state index is 0.0192. The van der Waals surface area contributed by atoms with Gasteiger partial charge in [-0.3, -0.25) is 4.79 Å². The van der Waals surface area contributed by atoms with Crippen LogP contribution >= 0.6 is 11.6 Å². The smallest absolute Gasteiger partial charge is 0.257 e. The van der Waals surface area contributed by atoms with E-state index in [2.05, 4.69) is 10.0 Å². The summed E-state index contributed by atoms with van der Waals surface area (Å²) in [5.74, 6) is -1.09. The van der Waals surface area contributed by atoms with E-state index in [-0.39, 0.29) is 27.2 Å². The second kappa shape index (κ2) is 7.51. The van der Waals surface area contributed by atoms with Crippen molar-refractivity contribution in [2.75, 3.05) is 5.32 Å². The summed E-state index contributed by atoms with van der Waals surface area (Å²) in [5.41, 5.74) is 0.677. The Morgan fingerprint density at radius 1 is 1.16 bits per heavy atom. The number of aryl methyl sites for hydroxylation is 1. The molecule has 5 nitrogen and oxygen atoms in total. The molecule has 0 radical (unpaired) electrons. The van der Waals surface area contributed by atoms with E-state index in [0.29, 0.717) is 5.56 Å². The second-order valence-electron chi connectivity index (χ2n) is 5.84. The van der Waals surface area contributed by atoms with Crippen molar-refractivity contribution in [2.45, 2.75) is 31.7 Å². The summed E-state index contributed by atoms with van der Waals surface area (Å²) >= 11 is 6.02. The molecule has 0 spiro atoms. The maximum absolute atomic E-state index is 13.6. The molecule has 0 heterocycles. The first-order chi connectivity index (χ1) is 11.6. The number of sulfonamides is 1. The van der Waals surface area contributed by atoms with Crippen LogP contribution in [0.2, 0.25) is 5.02 Å². The fourth-order valence-corrected chi connectivity index (χ4v) is 3.57. The molecule has 0 aromatic heterocycles. The lowest BCUT2D eigenvalue weighted by molar-refractivity contribution is 0.102. The van der Waals surface area contributed by atoms with Gasteiger partial charge < -0.3 is 5.32 Å². The number of nitrogens with one attached hydrogen (secondary N) is 2. The summed E-state index contributed by atoms with van der Waals surface area (Å²) in [5, 5.41) is 2.60. The number of carbonyl (C=O) groups is 1. The van der Waals surface area contributed by atoms with Crippen molar-refractivity contribution < 1.29 is 17.6 Å². The summed E-state index contributed by atoms with van der Waals surface area (Å²) in [6.07, 6.45) is 0. The van der Waals surface area contributed by atoms with Gasteiger partial charge in [-0.1, -0.05) is 17.7 Å². The van der Waals surface area contributed by atoms with Crippen LogP contribution in [0, 0.1) is 12.7 Å². The highest BCUT2D eigenvalue weighted by Gasteiger charge is 2.19. The topological polar surface area (TPSA) is 75.3 Å². The highest BCUT2D eigenvalue weighted by Crippen LogP contribution is 2.22. The molecule has 0 aliphatic heterocycles. The Labute approximate surface area is 151 Å². The third kappa shape index (κ3) is 4.78. The highest BCUT2D eigenvalue weighted by molar-refractivity contribution is 7.89. The average Bonchev–Trinajstić information content (AvgIpc) is 2.49. The van der Waals surface area contributed by atoms with Crippen LogP contribution in [0.3, 0.4) is 0 Å². The molecule has 0 saturated carbocycles. The van der Waals surface area contributed by atoms with Gasteiger partial charge in [0.25, 0.3) is 5.91 Å². The monoisotopic (exact) mass is 384 g/mol. The summed E-state index contributed by atoms with van der Waals surface area (Å²) in [6, 6.07) is 7.80. The Morgan fingerprint density at radius 2 is 1.84 bits per heavy atom. The number of benzene rings is 2. The number of hydrogen-bond donors (Lipinski definition) is 2. The average molecular weight is 385 g/mol. The largest absolute Gasteiger partial charge is 0.322 e. The van der Waals surface area contributed by atoms with Crippen LogP contribution in [0.4, 0.5) is 10.1 Å².